The monoisotopic (exact) mass is 454 g/mol. The maximum atomic E-state index is 11.9. The summed E-state index contributed by atoms with van der Waals surface area (Å²) in [4.78, 5) is 24.4. The molecule has 1 saturated heterocycles. The highest BCUT2D eigenvalue weighted by molar-refractivity contribution is 9.10. The Balaban J connectivity index is 1.74. The zero-order valence-electron chi connectivity index (χ0n) is 13.6. The van der Waals surface area contributed by atoms with Crippen molar-refractivity contribution in [1.82, 2.24) is 10.2 Å². The van der Waals surface area contributed by atoms with Crippen molar-refractivity contribution in [2.75, 3.05) is 7.05 Å². The van der Waals surface area contributed by atoms with Gasteiger partial charge in [-0.1, -0.05) is 35.3 Å². The van der Waals surface area contributed by atoms with Crippen LogP contribution in [0.1, 0.15) is 11.1 Å². The molecular weight excluding hydrogens is 443 g/mol. The van der Waals surface area contributed by atoms with Crippen LogP contribution in [0, 0.1) is 0 Å². The number of hydrogen-bond acceptors (Lipinski definition) is 3. The lowest BCUT2D eigenvalue weighted by Crippen LogP contribution is -2.25. The van der Waals surface area contributed by atoms with E-state index in [4.69, 9.17) is 27.9 Å². The third-order valence-electron chi connectivity index (χ3n) is 3.75. The fourth-order valence-corrected chi connectivity index (χ4v) is 3.28. The lowest BCUT2D eigenvalue weighted by atomic mass is 10.2. The molecule has 1 aliphatic heterocycles. The van der Waals surface area contributed by atoms with Gasteiger partial charge >= 0.3 is 6.03 Å². The largest absolute Gasteiger partial charge is 0.488 e. The molecule has 134 valence electrons. The third-order valence-corrected chi connectivity index (χ3v) is 4.95. The maximum absolute atomic E-state index is 11.9. The van der Waals surface area contributed by atoms with Crippen molar-refractivity contribution in [2.45, 2.75) is 6.61 Å². The summed E-state index contributed by atoms with van der Waals surface area (Å²) < 4.78 is 6.49. The van der Waals surface area contributed by atoms with E-state index in [9.17, 15) is 9.59 Å². The molecule has 26 heavy (non-hydrogen) atoms. The zero-order valence-corrected chi connectivity index (χ0v) is 16.7. The highest BCUT2D eigenvalue weighted by Gasteiger charge is 2.29. The van der Waals surface area contributed by atoms with E-state index in [1.165, 1.54) is 7.05 Å². The van der Waals surface area contributed by atoms with Gasteiger partial charge in [0, 0.05) is 22.7 Å². The number of carbonyl (C=O) groups is 2. The number of halogens is 3. The number of nitrogens with zero attached hydrogens (tertiary/aromatic N) is 1. The Morgan fingerprint density at radius 1 is 1.19 bits per heavy atom. The van der Waals surface area contributed by atoms with Crippen LogP contribution < -0.4 is 10.1 Å². The number of benzene rings is 2. The Morgan fingerprint density at radius 3 is 2.58 bits per heavy atom. The third kappa shape index (κ3) is 4.03. The van der Waals surface area contributed by atoms with E-state index >= 15 is 0 Å². The Kier molecular flexibility index (Phi) is 5.55. The van der Waals surface area contributed by atoms with Crippen LogP contribution in [0.25, 0.3) is 6.08 Å². The predicted molar refractivity (Wildman–Crippen MR) is 104 cm³/mol. The van der Waals surface area contributed by atoms with Crippen LogP contribution in [-0.4, -0.2) is 23.9 Å². The van der Waals surface area contributed by atoms with E-state index in [0.29, 0.717) is 20.3 Å². The fourth-order valence-electron chi connectivity index (χ4n) is 2.31. The lowest BCUT2D eigenvalue weighted by Gasteiger charge is -2.10. The molecule has 1 fully saturated rings. The van der Waals surface area contributed by atoms with Crippen LogP contribution in [0.5, 0.6) is 5.75 Å². The number of imide groups is 1. The molecule has 2 aromatic carbocycles. The van der Waals surface area contributed by atoms with Crippen molar-refractivity contribution >= 4 is 57.1 Å². The Bertz CT molecular complexity index is 931. The van der Waals surface area contributed by atoms with Gasteiger partial charge in [0.2, 0.25) is 0 Å². The number of hydrogen-bond donors (Lipinski definition) is 1. The first kappa shape index (κ1) is 18.8. The molecule has 3 amide bonds. The van der Waals surface area contributed by atoms with Gasteiger partial charge in [0.25, 0.3) is 5.91 Å². The van der Waals surface area contributed by atoms with Gasteiger partial charge in [0.15, 0.2) is 0 Å². The van der Waals surface area contributed by atoms with E-state index in [2.05, 4.69) is 21.2 Å². The molecule has 1 aliphatic rings. The van der Waals surface area contributed by atoms with Gasteiger partial charge in [-0.3, -0.25) is 9.69 Å². The van der Waals surface area contributed by atoms with Gasteiger partial charge in [-0.25, -0.2) is 4.79 Å². The topological polar surface area (TPSA) is 58.6 Å². The molecule has 0 aliphatic carbocycles. The minimum atomic E-state index is -0.444. The summed E-state index contributed by atoms with van der Waals surface area (Å²) in [5, 5.41) is 3.62. The van der Waals surface area contributed by atoms with Gasteiger partial charge in [0.1, 0.15) is 18.1 Å². The van der Waals surface area contributed by atoms with Crippen LogP contribution in [0.4, 0.5) is 4.79 Å². The van der Waals surface area contributed by atoms with Crippen molar-refractivity contribution < 1.29 is 14.3 Å². The predicted octanol–water partition coefficient (Wildman–Crippen LogP) is 4.86. The van der Waals surface area contributed by atoms with Crippen LogP contribution >= 0.6 is 39.1 Å². The summed E-state index contributed by atoms with van der Waals surface area (Å²) in [6.45, 7) is 0.286. The number of rotatable bonds is 4. The summed E-state index contributed by atoms with van der Waals surface area (Å²) in [5.74, 6) is 0.251. The van der Waals surface area contributed by atoms with Crippen LogP contribution in [0.2, 0.25) is 10.0 Å². The minimum absolute atomic E-state index is 0.228. The van der Waals surface area contributed by atoms with E-state index in [-0.39, 0.29) is 18.2 Å². The van der Waals surface area contributed by atoms with E-state index in [1.807, 2.05) is 6.07 Å². The highest BCUT2D eigenvalue weighted by Crippen LogP contribution is 2.29. The average Bonchev–Trinajstić information content (AvgIpc) is 2.82. The molecule has 0 aromatic heterocycles. The van der Waals surface area contributed by atoms with E-state index in [0.717, 1.165) is 16.0 Å². The first-order valence-corrected chi connectivity index (χ1v) is 9.07. The van der Waals surface area contributed by atoms with Crippen molar-refractivity contribution in [3.8, 4) is 5.75 Å². The fraction of sp³-hybridized carbons (Fsp3) is 0.111. The van der Waals surface area contributed by atoms with Gasteiger partial charge in [-0.2, -0.15) is 0 Å². The minimum Gasteiger partial charge on any atom is -0.488 e. The number of carbonyl (C=O) groups excluding carboxylic acids is 2. The Morgan fingerprint density at radius 2 is 1.96 bits per heavy atom. The Hall–Kier alpha value is -2.02. The summed E-state index contributed by atoms with van der Waals surface area (Å²) in [7, 11) is 1.42. The first-order valence-electron chi connectivity index (χ1n) is 7.52. The van der Waals surface area contributed by atoms with Crippen molar-refractivity contribution in [3.63, 3.8) is 0 Å². The van der Waals surface area contributed by atoms with Gasteiger partial charge < -0.3 is 10.1 Å². The molecule has 1 N–H and O–H groups in total. The Labute approximate surface area is 168 Å². The number of amides is 3. The van der Waals surface area contributed by atoms with Crippen LogP contribution in [0.15, 0.2) is 46.6 Å². The molecule has 0 radical (unpaired) electrons. The molecule has 0 bridgehead atoms. The normalized spacial score (nSPS) is 15.5. The molecule has 0 spiro atoms. The number of ether oxygens (including phenoxy) is 1. The number of nitrogens with one attached hydrogen (secondary N) is 1. The summed E-state index contributed by atoms with van der Waals surface area (Å²) in [6.07, 6.45) is 1.61. The maximum Gasteiger partial charge on any atom is 0.328 e. The molecule has 1 heterocycles. The van der Waals surface area contributed by atoms with Crippen LogP contribution in [0.3, 0.4) is 0 Å². The smallest absolute Gasteiger partial charge is 0.328 e. The van der Waals surface area contributed by atoms with E-state index in [1.54, 1.807) is 36.4 Å². The van der Waals surface area contributed by atoms with Crippen LogP contribution in [-0.2, 0) is 11.4 Å². The number of urea groups is 1. The molecule has 5 nitrogen and oxygen atoms in total. The number of likely N-dealkylation sites (N-methyl/N-ethyl adjacent to an activating group) is 1. The molecule has 0 unspecified atom stereocenters. The zero-order chi connectivity index (χ0) is 18.8. The average molecular weight is 456 g/mol. The summed E-state index contributed by atoms with van der Waals surface area (Å²) in [5.41, 5.74) is 1.79. The molecular formula is C18H13BrCl2N2O3. The second-order valence-corrected chi connectivity index (χ2v) is 7.26. The second-order valence-electron chi connectivity index (χ2n) is 5.57. The summed E-state index contributed by atoms with van der Waals surface area (Å²) >= 11 is 15.5. The highest BCUT2D eigenvalue weighted by atomic mass is 79.9. The van der Waals surface area contributed by atoms with Crippen molar-refractivity contribution in [1.29, 1.82) is 0 Å². The second kappa shape index (κ2) is 7.70. The molecule has 3 rings (SSSR count). The summed E-state index contributed by atoms with van der Waals surface area (Å²) in [6, 6.07) is 10.1. The molecule has 2 aromatic rings. The van der Waals surface area contributed by atoms with E-state index < -0.39 is 6.03 Å². The van der Waals surface area contributed by atoms with Gasteiger partial charge in [0.05, 0.1) is 4.47 Å². The van der Waals surface area contributed by atoms with Gasteiger partial charge in [-0.05, 0) is 51.8 Å². The molecule has 8 heteroatoms. The van der Waals surface area contributed by atoms with Gasteiger partial charge in [-0.15, -0.1) is 0 Å². The lowest BCUT2D eigenvalue weighted by molar-refractivity contribution is -0.121. The first-order chi connectivity index (χ1) is 12.3. The molecule has 0 atom stereocenters. The SMILES string of the molecule is CN1C(=O)N/C(=C/c2ccc(OCc3ccc(Cl)cc3Cl)c(Br)c2)C1=O. The van der Waals surface area contributed by atoms with Crippen molar-refractivity contribution in [3.05, 3.63) is 67.7 Å². The standard InChI is InChI=1S/C18H13BrCl2N2O3/c1-23-17(24)15(22-18(23)25)7-10-2-5-16(13(19)6-10)26-9-11-3-4-12(20)8-14(11)21/h2-8H,9H2,1H3,(H,22,25)/b15-7+. The quantitative estimate of drug-likeness (QED) is 0.529. The molecule has 0 saturated carbocycles. The van der Waals surface area contributed by atoms with Crippen molar-refractivity contribution in [2.24, 2.45) is 0 Å².